The molecule has 1 atom stereocenters. The molecule has 0 saturated carbocycles. The van der Waals surface area contributed by atoms with Crippen LogP contribution in [0.15, 0.2) is 72.8 Å². The first-order chi connectivity index (χ1) is 14.4. The number of quaternary nitrogens is 1. The van der Waals surface area contributed by atoms with E-state index in [1.807, 2.05) is 67.7 Å². The molecule has 6 heteroatoms. The summed E-state index contributed by atoms with van der Waals surface area (Å²) >= 11 is 0. The molecule has 0 saturated heterocycles. The number of benzene rings is 3. The Kier molecular flexibility index (Phi) is 7.14. The number of aryl methyl sites for hydroxylation is 2. The van der Waals surface area contributed by atoms with Crippen LogP contribution in [0, 0.1) is 13.8 Å². The molecule has 0 spiro atoms. The van der Waals surface area contributed by atoms with E-state index < -0.39 is 6.61 Å². The molecule has 0 heterocycles. The van der Waals surface area contributed by atoms with E-state index in [0.29, 0.717) is 0 Å². The zero-order chi connectivity index (χ0) is 21.5. The molecule has 156 valence electrons. The summed E-state index contributed by atoms with van der Waals surface area (Å²) in [4.78, 5) is 12.6. The van der Waals surface area contributed by atoms with Gasteiger partial charge in [0.2, 0.25) is 0 Å². The maximum atomic E-state index is 12.6. The summed E-state index contributed by atoms with van der Waals surface area (Å²) in [6, 6.07) is 22.0. The lowest BCUT2D eigenvalue weighted by Gasteiger charge is -2.17. The summed E-state index contributed by atoms with van der Waals surface area (Å²) in [7, 11) is 0. The van der Waals surface area contributed by atoms with Gasteiger partial charge in [-0.05, 0) is 55.3 Å². The minimum absolute atomic E-state index is 0.105. The Bertz CT molecular complexity index is 976. The van der Waals surface area contributed by atoms with Crippen LogP contribution in [0.4, 0.5) is 14.5 Å². The lowest BCUT2D eigenvalue weighted by Crippen LogP contribution is -2.87. The highest BCUT2D eigenvalue weighted by Gasteiger charge is 2.19. The van der Waals surface area contributed by atoms with Crippen molar-refractivity contribution in [1.82, 2.24) is 0 Å². The highest BCUT2D eigenvalue weighted by Crippen LogP contribution is 2.22. The van der Waals surface area contributed by atoms with Gasteiger partial charge >= 0.3 is 6.61 Å². The molecule has 4 nitrogen and oxygen atoms in total. The normalized spacial score (nSPS) is 11.9. The van der Waals surface area contributed by atoms with Gasteiger partial charge in [-0.15, -0.1) is 0 Å². The van der Waals surface area contributed by atoms with Crippen molar-refractivity contribution in [2.24, 2.45) is 0 Å². The van der Waals surface area contributed by atoms with Gasteiger partial charge in [-0.1, -0.05) is 42.5 Å². The van der Waals surface area contributed by atoms with Crippen LogP contribution in [0.3, 0.4) is 0 Å². The third kappa shape index (κ3) is 5.87. The standard InChI is InChI=1S/C24H24F2N2O2/c1-16-8-9-17(2)21(14-16)28-22(29)15-27-23(18-6-4-3-5-7-18)19-10-12-20(13-11-19)30-24(25)26/h3-14,23-24,27H,15H2,1-2H3,(H,28,29)/p+1/t23-/m1/s1. The monoisotopic (exact) mass is 411 g/mol. The van der Waals surface area contributed by atoms with Gasteiger partial charge in [-0.25, -0.2) is 0 Å². The van der Waals surface area contributed by atoms with Crippen molar-refractivity contribution in [1.29, 1.82) is 0 Å². The van der Waals surface area contributed by atoms with Crippen molar-refractivity contribution in [2.75, 3.05) is 11.9 Å². The number of amides is 1. The molecular formula is C24H25F2N2O2+. The van der Waals surface area contributed by atoms with Crippen molar-refractivity contribution in [3.63, 3.8) is 0 Å². The molecule has 3 aromatic rings. The zero-order valence-corrected chi connectivity index (χ0v) is 16.9. The van der Waals surface area contributed by atoms with E-state index in [2.05, 4.69) is 10.1 Å². The summed E-state index contributed by atoms with van der Waals surface area (Å²) in [6.45, 7) is 1.28. The van der Waals surface area contributed by atoms with Crippen LogP contribution in [-0.2, 0) is 4.79 Å². The quantitative estimate of drug-likeness (QED) is 0.584. The Morgan fingerprint density at radius 1 is 0.967 bits per heavy atom. The number of hydrogen-bond donors (Lipinski definition) is 2. The molecule has 30 heavy (non-hydrogen) atoms. The number of carbonyl (C=O) groups is 1. The highest BCUT2D eigenvalue weighted by atomic mass is 19.3. The van der Waals surface area contributed by atoms with Crippen molar-refractivity contribution in [3.8, 4) is 5.75 Å². The lowest BCUT2D eigenvalue weighted by molar-refractivity contribution is -0.676. The Hall–Kier alpha value is -3.25. The smallest absolute Gasteiger partial charge is 0.387 e. The van der Waals surface area contributed by atoms with Crippen molar-refractivity contribution >= 4 is 11.6 Å². The Morgan fingerprint density at radius 3 is 2.30 bits per heavy atom. The van der Waals surface area contributed by atoms with Gasteiger partial charge in [0, 0.05) is 16.8 Å². The summed E-state index contributed by atoms with van der Waals surface area (Å²) in [5.74, 6) is -0.00416. The van der Waals surface area contributed by atoms with E-state index in [9.17, 15) is 13.6 Å². The van der Waals surface area contributed by atoms with E-state index in [-0.39, 0.29) is 24.2 Å². The van der Waals surface area contributed by atoms with Crippen molar-refractivity contribution in [3.05, 3.63) is 95.1 Å². The molecule has 0 unspecified atom stereocenters. The molecule has 0 bridgehead atoms. The minimum Gasteiger partial charge on any atom is -0.435 e. The summed E-state index contributed by atoms with van der Waals surface area (Å²) in [5, 5.41) is 4.90. The Morgan fingerprint density at radius 2 is 1.63 bits per heavy atom. The number of carbonyl (C=O) groups excluding carboxylic acids is 1. The van der Waals surface area contributed by atoms with Gasteiger partial charge in [-0.3, -0.25) is 4.79 Å². The number of hydrogen-bond acceptors (Lipinski definition) is 2. The fourth-order valence-electron chi connectivity index (χ4n) is 3.28. The minimum atomic E-state index is -2.86. The summed E-state index contributed by atoms with van der Waals surface area (Å²) in [6.07, 6.45) is 0. The van der Waals surface area contributed by atoms with Crippen LogP contribution in [0.5, 0.6) is 5.75 Å². The van der Waals surface area contributed by atoms with E-state index in [1.54, 1.807) is 12.1 Å². The predicted octanol–water partition coefficient (Wildman–Crippen LogP) is 4.20. The van der Waals surface area contributed by atoms with E-state index in [4.69, 9.17) is 0 Å². The van der Waals surface area contributed by atoms with Gasteiger partial charge in [0.25, 0.3) is 5.91 Å². The number of alkyl halides is 2. The largest absolute Gasteiger partial charge is 0.435 e. The lowest BCUT2D eigenvalue weighted by atomic mass is 9.98. The third-order valence-electron chi connectivity index (χ3n) is 4.83. The van der Waals surface area contributed by atoms with E-state index in [1.165, 1.54) is 12.1 Å². The van der Waals surface area contributed by atoms with Gasteiger partial charge < -0.3 is 15.4 Å². The van der Waals surface area contributed by atoms with E-state index >= 15 is 0 Å². The predicted molar refractivity (Wildman–Crippen MR) is 113 cm³/mol. The molecule has 0 fully saturated rings. The highest BCUT2D eigenvalue weighted by molar-refractivity contribution is 5.92. The average molecular weight is 411 g/mol. The number of halogens is 2. The Labute approximate surface area is 174 Å². The molecule has 3 N–H and O–H groups in total. The van der Waals surface area contributed by atoms with Crippen LogP contribution in [0.25, 0.3) is 0 Å². The molecule has 0 aromatic heterocycles. The van der Waals surface area contributed by atoms with Crippen LogP contribution in [0.2, 0.25) is 0 Å². The van der Waals surface area contributed by atoms with Crippen LogP contribution < -0.4 is 15.4 Å². The second-order valence-electron chi connectivity index (χ2n) is 7.14. The first-order valence-corrected chi connectivity index (χ1v) is 9.72. The topological polar surface area (TPSA) is 54.9 Å². The van der Waals surface area contributed by atoms with Crippen molar-refractivity contribution < 1.29 is 23.6 Å². The molecule has 0 aliphatic rings. The van der Waals surface area contributed by atoms with Crippen molar-refractivity contribution in [2.45, 2.75) is 26.5 Å². The second-order valence-corrected chi connectivity index (χ2v) is 7.14. The molecule has 0 aliphatic heterocycles. The molecule has 3 rings (SSSR count). The number of nitrogens with two attached hydrogens (primary N) is 1. The van der Waals surface area contributed by atoms with E-state index in [0.717, 1.165) is 27.9 Å². The fraction of sp³-hybridized carbons (Fsp3) is 0.208. The van der Waals surface area contributed by atoms with Gasteiger partial charge in [0.1, 0.15) is 11.8 Å². The van der Waals surface area contributed by atoms with Gasteiger partial charge in [0.05, 0.1) is 0 Å². The van der Waals surface area contributed by atoms with Crippen LogP contribution in [0.1, 0.15) is 28.3 Å². The second kappa shape index (κ2) is 9.98. The maximum absolute atomic E-state index is 12.6. The number of rotatable bonds is 8. The third-order valence-corrected chi connectivity index (χ3v) is 4.83. The molecular weight excluding hydrogens is 386 g/mol. The molecule has 1 amide bonds. The zero-order valence-electron chi connectivity index (χ0n) is 16.9. The van der Waals surface area contributed by atoms with Gasteiger partial charge in [-0.2, -0.15) is 8.78 Å². The summed E-state index contributed by atoms with van der Waals surface area (Å²) < 4.78 is 29.3. The SMILES string of the molecule is Cc1ccc(C)c(NC(=O)C[NH2+][C@H](c2ccccc2)c2ccc(OC(F)F)cc2)c1. The molecule has 0 aliphatic carbocycles. The first kappa shape index (κ1) is 21.5. The Balaban J connectivity index is 1.73. The van der Waals surface area contributed by atoms with Crippen LogP contribution in [-0.4, -0.2) is 19.1 Å². The number of ether oxygens (including phenoxy) is 1. The van der Waals surface area contributed by atoms with Gasteiger partial charge in [0.15, 0.2) is 6.54 Å². The fourth-order valence-corrected chi connectivity index (χ4v) is 3.28. The number of nitrogens with one attached hydrogen (secondary N) is 1. The van der Waals surface area contributed by atoms with Crippen LogP contribution >= 0.6 is 0 Å². The molecule has 3 aromatic carbocycles. The molecule has 0 radical (unpaired) electrons. The summed E-state index contributed by atoms with van der Waals surface area (Å²) in [5.41, 5.74) is 4.79. The first-order valence-electron chi connectivity index (χ1n) is 9.72. The maximum Gasteiger partial charge on any atom is 0.387 e. The average Bonchev–Trinajstić information content (AvgIpc) is 2.72. The number of anilines is 1.